The molecule has 0 aliphatic carbocycles. The maximum Gasteiger partial charge on any atom is 0.232 e. The van der Waals surface area contributed by atoms with Gasteiger partial charge in [0, 0.05) is 7.05 Å². The summed E-state index contributed by atoms with van der Waals surface area (Å²) < 4.78 is 30.1. The molecule has 0 fully saturated rings. The fourth-order valence-corrected chi connectivity index (χ4v) is 2.63. The molecule has 1 heterocycles. The molecule has 0 saturated heterocycles. The molecule has 0 saturated carbocycles. The predicted octanol–water partition coefficient (Wildman–Crippen LogP) is 2.93. The van der Waals surface area contributed by atoms with Crippen molar-refractivity contribution in [1.82, 2.24) is 9.97 Å². The van der Waals surface area contributed by atoms with Crippen molar-refractivity contribution in [2.45, 2.75) is 0 Å². The summed E-state index contributed by atoms with van der Waals surface area (Å²) in [5.41, 5.74) is 0.761. The summed E-state index contributed by atoms with van der Waals surface area (Å²) >= 11 is 11.8. The summed E-state index contributed by atoms with van der Waals surface area (Å²) in [4.78, 5) is 7.75. The molecular weight excluding hydrogens is 363 g/mol. The second-order valence-corrected chi connectivity index (χ2v) is 7.31. The molecule has 10 heteroatoms. The number of ether oxygens (including phenoxy) is 1. The van der Waals surface area contributed by atoms with Crippen molar-refractivity contribution >= 4 is 50.4 Å². The molecule has 0 spiro atoms. The molecule has 1 aromatic carbocycles. The topological polar surface area (TPSA) is 84.4 Å². The third-order valence-electron chi connectivity index (χ3n) is 3.00. The monoisotopic (exact) mass is 376 g/mol. The Morgan fingerprint density at radius 3 is 2.61 bits per heavy atom. The Kier molecular flexibility index (Phi) is 5.18. The first-order valence-electron chi connectivity index (χ1n) is 6.30. The highest BCUT2D eigenvalue weighted by Crippen LogP contribution is 2.38. The summed E-state index contributed by atoms with van der Waals surface area (Å²) in [6.45, 7) is 0. The molecule has 124 valence electrons. The van der Waals surface area contributed by atoms with Gasteiger partial charge < -0.3 is 10.1 Å². The van der Waals surface area contributed by atoms with Crippen LogP contribution in [0.5, 0.6) is 5.75 Å². The van der Waals surface area contributed by atoms with Crippen LogP contribution in [-0.4, -0.2) is 38.8 Å². The Labute approximate surface area is 144 Å². The maximum absolute atomic E-state index is 11.9. The number of hydrogen-bond acceptors (Lipinski definition) is 6. The lowest BCUT2D eigenvalue weighted by Crippen LogP contribution is -2.26. The highest BCUT2D eigenvalue weighted by molar-refractivity contribution is 7.92. The summed E-state index contributed by atoms with van der Waals surface area (Å²) in [6.07, 6.45) is 2.44. The van der Waals surface area contributed by atoms with E-state index in [-0.39, 0.29) is 16.1 Å². The zero-order valence-corrected chi connectivity index (χ0v) is 14.9. The fourth-order valence-electron chi connectivity index (χ4n) is 1.84. The van der Waals surface area contributed by atoms with Crippen molar-refractivity contribution < 1.29 is 13.2 Å². The molecule has 0 unspecified atom stereocenters. The van der Waals surface area contributed by atoms with Gasteiger partial charge in [0.1, 0.15) is 16.5 Å². The van der Waals surface area contributed by atoms with Crippen LogP contribution in [0, 0.1) is 0 Å². The first-order chi connectivity index (χ1) is 10.7. The Balaban J connectivity index is 2.56. The largest absolute Gasteiger partial charge is 0.494 e. The molecule has 0 atom stereocenters. The van der Waals surface area contributed by atoms with Crippen molar-refractivity contribution in [3.63, 3.8) is 0 Å². The van der Waals surface area contributed by atoms with Crippen LogP contribution in [-0.2, 0) is 10.0 Å². The van der Waals surface area contributed by atoms with Crippen LogP contribution in [0.15, 0.2) is 24.4 Å². The Bertz CT molecular complexity index is 830. The molecule has 0 radical (unpaired) electrons. The minimum absolute atomic E-state index is 0.0119. The molecule has 0 amide bonds. The van der Waals surface area contributed by atoms with E-state index < -0.39 is 10.0 Å². The van der Waals surface area contributed by atoms with Crippen LogP contribution in [0.4, 0.5) is 17.2 Å². The molecule has 7 nitrogen and oxygen atoms in total. The van der Waals surface area contributed by atoms with Crippen molar-refractivity contribution in [2.75, 3.05) is 30.0 Å². The van der Waals surface area contributed by atoms with E-state index in [1.807, 2.05) is 0 Å². The van der Waals surface area contributed by atoms with Gasteiger partial charge in [-0.25, -0.2) is 13.4 Å². The van der Waals surface area contributed by atoms with Gasteiger partial charge in [-0.1, -0.05) is 17.7 Å². The number of benzene rings is 1. The maximum atomic E-state index is 11.9. The number of hydrogen-bond donors (Lipinski definition) is 1. The Hall–Kier alpha value is -1.77. The summed E-state index contributed by atoms with van der Waals surface area (Å²) in [5, 5.41) is 3.21. The lowest BCUT2D eigenvalue weighted by Gasteiger charge is -2.23. The Morgan fingerprint density at radius 1 is 1.30 bits per heavy atom. The van der Waals surface area contributed by atoms with Gasteiger partial charge in [0.25, 0.3) is 0 Å². The van der Waals surface area contributed by atoms with Crippen LogP contribution >= 0.6 is 23.2 Å². The van der Waals surface area contributed by atoms with Crippen molar-refractivity contribution in [3.8, 4) is 5.75 Å². The fraction of sp³-hybridized carbons (Fsp3) is 0.231. The van der Waals surface area contributed by atoms with Gasteiger partial charge >= 0.3 is 0 Å². The van der Waals surface area contributed by atoms with E-state index in [4.69, 9.17) is 27.9 Å². The van der Waals surface area contributed by atoms with Gasteiger partial charge in [-0.2, -0.15) is 4.98 Å². The number of nitrogens with zero attached hydrogens (tertiary/aromatic N) is 3. The molecule has 0 aliphatic rings. The van der Waals surface area contributed by atoms with Gasteiger partial charge in [0.05, 0.1) is 25.2 Å². The van der Waals surface area contributed by atoms with E-state index in [2.05, 4.69) is 15.3 Å². The number of anilines is 3. The third kappa shape index (κ3) is 3.95. The van der Waals surface area contributed by atoms with E-state index >= 15 is 0 Å². The number of rotatable bonds is 5. The molecule has 1 N–H and O–H groups in total. The van der Waals surface area contributed by atoms with Crippen LogP contribution in [0.25, 0.3) is 0 Å². The third-order valence-corrected chi connectivity index (χ3v) is 4.64. The predicted molar refractivity (Wildman–Crippen MR) is 91.6 cm³/mol. The van der Waals surface area contributed by atoms with Gasteiger partial charge in [0.15, 0.2) is 5.82 Å². The van der Waals surface area contributed by atoms with Crippen LogP contribution in [0.1, 0.15) is 0 Å². The van der Waals surface area contributed by atoms with E-state index in [0.29, 0.717) is 17.1 Å². The minimum Gasteiger partial charge on any atom is -0.494 e. The van der Waals surface area contributed by atoms with E-state index in [1.54, 1.807) is 18.2 Å². The van der Waals surface area contributed by atoms with Crippen molar-refractivity contribution in [3.05, 3.63) is 34.7 Å². The van der Waals surface area contributed by atoms with Crippen LogP contribution < -0.4 is 14.4 Å². The molecule has 0 bridgehead atoms. The normalized spacial score (nSPS) is 11.2. The van der Waals surface area contributed by atoms with Crippen LogP contribution in [0.2, 0.25) is 10.3 Å². The highest BCUT2D eigenvalue weighted by Gasteiger charge is 2.21. The molecule has 0 aliphatic heterocycles. The number of nitrogens with one attached hydrogen (secondary N) is 1. The number of sulfonamides is 1. The first-order valence-corrected chi connectivity index (χ1v) is 8.90. The second kappa shape index (κ2) is 6.77. The minimum atomic E-state index is -3.50. The van der Waals surface area contributed by atoms with Crippen molar-refractivity contribution in [2.24, 2.45) is 0 Å². The highest BCUT2D eigenvalue weighted by atomic mass is 35.5. The van der Waals surface area contributed by atoms with Crippen molar-refractivity contribution in [1.29, 1.82) is 0 Å². The van der Waals surface area contributed by atoms with E-state index in [9.17, 15) is 8.42 Å². The zero-order valence-electron chi connectivity index (χ0n) is 12.5. The quantitative estimate of drug-likeness (QED) is 0.807. The first kappa shape index (κ1) is 17.6. The average molecular weight is 377 g/mol. The summed E-state index contributed by atoms with van der Waals surface area (Å²) in [6, 6.07) is 5.03. The number of halogens is 2. The van der Waals surface area contributed by atoms with E-state index in [1.165, 1.54) is 20.4 Å². The number of aromatic nitrogens is 2. The average Bonchev–Trinajstić information content (AvgIpc) is 2.49. The van der Waals surface area contributed by atoms with Crippen LogP contribution in [0.3, 0.4) is 0 Å². The lowest BCUT2D eigenvalue weighted by atomic mass is 10.2. The lowest BCUT2D eigenvalue weighted by molar-refractivity contribution is 0.416. The number of para-hydroxylation sites is 1. The zero-order chi connectivity index (χ0) is 17.2. The molecule has 1 aromatic heterocycles. The molecule has 23 heavy (non-hydrogen) atoms. The Morgan fingerprint density at radius 2 is 2.00 bits per heavy atom. The second-order valence-electron chi connectivity index (χ2n) is 4.55. The molecule has 2 aromatic rings. The SMILES string of the molecule is COc1cccc(Nc2nc(Cl)ncc2Cl)c1N(C)S(C)(=O)=O. The molecule has 2 rings (SSSR count). The smallest absolute Gasteiger partial charge is 0.232 e. The number of methoxy groups -OCH3 is 1. The molecular formula is C13H14Cl2N4O3S. The van der Waals surface area contributed by atoms with Gasteiger partial charge in [0.2, 0.25) is 15.3 Å². The standard InChI is InChI=1S/C13H14Cl2N4O3S/c1-19(23(3,20)21)11-9(5-4-6-10(11)22-2)17-12-8(14)7-16-13(15)18-12/h4-7H,1-3H3,(H,16,17,18). The summed E-state index contributed by atoms with van der Waals surface area (Å²) in [5.74, 6) is 0.627. The summed E-state index contributed by atoms with van der Waals surface area (Å²) in [7, 11) is -0.625. The van der Waals surface area contributed by atoms with Gasteiger partial charge in [-0.15, -0.1) is 0 Å². The van der Waals surface area contributed by atoms with Gasteiger partial charge in [-0.05, 0) is 23.7 Å². The van der Waals surface area contributed by atoms with Gasteiger partial charge in [-0.3, -0.25) is 4.31 Å². The van der Waals surface area contributed by atoms with E-state index in [0.717, 1.165) is 10.6 Å².